The number of ketones is 1. The maximum absolute atomic E-state index is 11.7. The van der Waals surface area contributed by atoms with E-state index in [9.17, 15) is 9.90 Å². The first-order valence-corrected chi connectivity index (χ1v) is 5.74. The maximum atomic E-state index is 11.7. The number of phenolic OH excluding ortho intramolecular Hbond substituents is 1. The van der Waals surface area contributed by atoms with Crippen molar-refractivity contribution in [3.05, 3.63) is 47.7 Å². The predicted molar refractivity (Wildman–Crippen MR) is 67.3 cm³/mol. The topological polar surface area (TPSA) is 76.2 Å². The summed E-state index contributed by atoms with van der Waals surface area (Å²) in [5.74, 6) is 0.187. The lowest BCUT2D eigenvalue weighted by Gasteiger charge is -2.03. The molecule has 18 heavy (non-hydrogen) atoms. The van der Waals surface area contributed by atoms with Crippen LogP contribution in [0.3, 0.4) is 0 Å². The number of carbonyl (C=O) groups excluding carboxylic acids is 1. The van der Waals surface area contributed by atoms with Crippen molar-refractivity contribution < 1.29 is 9.90 Å². The smallest absolute Gasteiger partial charge is 0.181 e. The van der Waals surface area contributed by atoms with Crippen molar-refractivity contribution in [1.82, 2.24) is 4.98 Å². The Bertz CT molecular complexity index is 620. The summed E-state index contributed by atoms with van der Waals surface area (Å²) in [6, 6.07) is 9.94. The van der Waals surface area contributed by atoms with Gasteiger partial charge in [-0.05, 0) is 36.4 Å². The van der Waals surface area contributed by atoms with Gasteiger partial charge in [0, 0.05) is 17.5 Å². The second-order valence-corrected chi connectivity index (χ2v) is 4.41. The van der Waals surface area contributed by atoms with Gasteiger partial charge in [0.05, 0.1) is 17.4 Å². The van der Waals surface area contributed by atoms with Crippen LogP contribution in [0.4, 0.5) is 0 Å². The van der Waals surface area contributed by atoms with Gasteiger partial charge in [0.25, 0.3) is 0 Å². The number of nitrogens with two attached hydrogens (primary N) is 1. The first-order valence-electron chi connectivity index (χ1n) is 5.74. The van der Waals surface area contributed by atoms with Crippen LogP contribution in [0, 0.1) is 0 Å². The Balaban J connectivity index is 2.04. The number of hydrogen-bond acceptors (Lipinski definition) is 4. The van der Waals surface area contributed by atoms with Gasteiger partial charge in [0.15, 0.2) is 5.78 Å². The number of rotatable bonds is 1. The van der Waals surface area contributed by atoms with E-state index in [2.05, 4.69) is 4.98 Å². The molecule has 3 N–H and O–H groups in total. The van der Waals surface area contributed by atoms with Crippen LogP contribution in [0.5, 0.6) is 5.75 Å². The molecule has 0 amide bonds. The second kappa shape index (κ2) is 3.92. The fraction of sp³-hybridized carbons (Fsp3) is 0.143. The van der Waals surface area contributed by atoms with Gasteiger partial charge in [-0.1, -0.05) is 0 Å². The summed E-state index contributed by atoms with van der Waals surface area (Å²) < 4.78 is 0. The number of nitrogens with zero attached hydrogens (tertiary/aromatic N) is 1. The Kier molecular flexibility index (Phi) is 2.38. The highest BCUT2D eigenvalue weighted by molar-refractivity contribution is 6.04. The van der Waals surface area contributed by atoms with Crippen molar-refractivity contribution in [3.63, 3.8) is 0 Å². The average molecular weight is 240 g/mol. The minimum absolute atomic E-state index is 0.0326. The fourth-order valence-corrected chi connectivity index (χ4v) is 2.18. The molecule has 0 spiro atoms. The molecule has 0 radical (unpaired) electrons. The molecule has 2 aromatic rings. The zero-order valence-electron chi connectivity index (χ0n) is 9.63. The van der Waals surface area contributed by atoms with Crippen molar-refractivity contribution >= 4 is 5.78 Å². The molecule has 1 aliphatic rings. The molecule has 0 aliphatic heterocycles. The fourth-order valence-electron chi connectivity index (χ4n) is 2.18. The van der Waals surface area contributed by atoms with E-state index in [1.54, 1.807) is 36.4 Å². The molecule has 1 unspecified atom stereocenters. The van der Waals surface area contributed by atoms with Crippen molar-refractivity contribution in [2.24, 2.45) is 5.73 Å². The van der Waals surface area contributed by atoms with E-state index < -0.39 is 6.04 Å². The molecular weight excluding hydrogens is 228 g/mol. The summed E-state index contributed by atoms with van der Waals surface area (Å²) in [6.45, 7) is 0. The summed E-state index contributed by atoms with van der Waals surface area (Å²) in [7, 11) is 0. The summed E-state index contributed by atoms with van der Waals surface area (Å²) >= 11 is 0. The molecule has 90 valence electrons. The number of pyridine rings is 1. The third-order valence-corrected chi connectivity index (χ3v) is 3.15. The van der Waals surface area contributed by atoms with Crippen molar-refractivity contribution in [2.75, 3.05) is 0 Å². The van der Waals surface area contributed by atoms with Gasteiger partial charge in [0.1, 0.15) is 5.75 Å². The molecule has 3 rings (SSSR count). The van der Waals surface area contributed by atoms with E-state index in [-0.39, 0.29) is 11.5 Å². The Morgan fingerprint density at radius 2 is 1.89 bits per heavy atom. The van der Waals surface area contributed by atoms with E-state index in [0.717, 1.165) is 17.0 Å². The van der Waals surface area contributed by atoms with Gasteiger partial charge in [-0.25, -0.2) is 0 Å². The molecule has 0 bridgehead atoms. The Morgan fingerprint density at radius 1 is 1.17 bits per heavy atom. The SMILES string of the molecule is NC1Cc2nc(-c3ccc(O)cc3)ccc2C1=O. The second-order valence-electron chi connectivity index (χ2n) is 4.41. The van der Waals surface area contributed by atoms with Crippen LogP contribution in [0.25, 0.3) is 11.3 Å². The average Bonchev–Trinajstić information content (AvgIpc) is 2.65. The third-order valence-electron chi connectivity index (χ3n) is 3.15. The number of fused-ring (bicyclic) bond motifs is 1. The molecule has 4 heteroatoms. The minimum atomic E-state index is -0.456. The number of phenols is 1. The monoisotopic (exact) mass is 240 g/mol. The lowest BCUT2D eigenvalue weighted by molar-refractivity contribution is 0.0974. The van der Waals surface area contributed by atoms with Crippen LogP contribution in [0.2, 0.25) is 0 Å². The molecule has 1 atom stereocenters. The van der Waals surface area contributed by atoms with Gasteiger partial charge in [-0.15, -0.1) is 0 Å². The number of aromatic hydroxyl groups is 1. The lowest BCUT2D eigenvalue weighted by Crippen LogP contribution is -2.26. The molecule has 1 aliphatic carbocycles. The van der Waals surface area contributed by atoms with E-state index in [0.29, 0.717) is 12.0 Å². The number of benzene rings is 1. The molecule has 1 aromatic carbocycles. The van der Waals surface area contributed by atoms with Crippen LogP contribution in [-0.4, -0.2) is 21.9 Å². The van der Waals surface area contributed by atoms with Crippen LogP contribution < -0.4 is 5.73 Å². The first-order chi connectivity index (χ1) is 8.65. The zero-order valence-corrected chi connectivity index (χ0v) is 9.63. The largest absolute Gasteiger partial charge is 0.508 e. The van der Waals surface area contributed by atoms with E-state index >= 15 is 0 Å². The van der Waals surface area contributed by atoms with Gasteiger partial charge in [0.2, 0.25) is 0 Å². The standard InChI is InChI=1S/C14H12N2O2/c15-11-7-13-10(14(11)18)5-6-12(16-13)8-1-3-9(17)4-2-8/h1-6,11,17H,7,15H2. The molecule has 0 saturated heterocycles. The highest BCUT2D eigenvalue weighted by atomic mass is 16.3. The van der Waals surface area contributed by atoms with E-state index in [1.165, 1.54) is 0 Å². The molecule has 4 nitrogen and oxygen atoms in total. The van der Waals surface area contributed by atoms with Crippen LogP contribution in [0.15, 0.2) is 36.4 Å². The van der Waals surface area contributed by atoms with Gasteiger partial charge in [-0.3, -0.25) is 9.78 Å². The molecule has 0 saturated carbocycles. The summed E-state index contributed by atoms with van der Waals surface area (Å²) in [6.07, 6.45) is 0.500. The van der Waals surface area contributed by atoms with Crippen LogP contribution in [-0.2, 0) is 6.42 Å². The summed E-state index contributed by atoms with van der Waals surface area (Å²) in [5, 5.41) is 9.25. The highest BCUT2D eigenvalue weighted by Gasteiger charge is 2.28. The third kappa shape index (κ3) is 1.67. The Hall–Kier alpha value is -2.20. The van der Waals surface area contributed by atoms with Crippen LogP contribution >= 0.6 is 0 Å². The molecule has 0 fully saturated rings. The maximum Gasteiger partial charge on any atom is 0.181 e. The highest BCUT2D eigenvalue weighted by Crippen LogP contribution is 2.25. The first kappa shape index (κ1) is 10.9. The molecule has 1 aromatic heterocycles. The van der Waals surface area contributed by atoms with Gasteiger partial charge >= 0.3 is 0 Å². The normalized spacial score (nSPS) is 17.8. The van der Waals surface area contributed by atoms with Gasteiger partial charge in [-0.2, -0.15) is 0 Å². The van der Waals surface area contributed by atoms with Crippen LogP contribution in [0.1, 0.15) is 16.1 Å². The Labute approximate surface area is 104 Å². The number of carbonyl (C=O) groups is 1. The van der Waals surface area contributed by atoms with E-state index in [1.807, 2.05) is 0 Å². The van der Waals surface area contributed by atoms with Gasteiger partial charge < -0.3 is 10.8 Å². The van der Waals surface area contributed by atoms with E-state index in [4.69, 9.17) is 5.73 Å². The van der Waals surface area contributed by atoms with Crippen molar-refractivity contribution in [1.29, 1.82) is 0 Å². The summed E-state index contributed by atoms with van der Waals surface area (Å²) in [4.78, 5) is 16.2. The Morgan fingerprint density at radius 3 is 2.61 bits per heavy atom. The number of hydrogen-bond donors (Lipinski definition) is 2. The quantitative estimate of drug-likeness (QED) is 0.792. The molecular formula is C14H12N2O2. The predicted octanol–water partition coefficient (Wildman–Crippen LogP) is 1.52. The number of aromatic nitrogens is 1. The number of Topliss-reactive ketones (excluding diaryl/α,β-unsaturated/α-hetero) is 1. The van der Waals surface area contributed by atoms with Crippen molar-refractivity contribution in [3.8, 4) is 17.0 Å². The zero-order chi connectivity index (χ0) is 12.7. The minimum Gasteiger partial charge on any atom is -0.508 e. The van der Waals surface area contributed by atoms with Crippen molar-refractivity contribution in [2.45, 2.75) is 12.5 Å². The summed E-state index contributed by atoms with van der Waals surface area (Å²) in [5.41, 5.74) is 8.80. The lowest BCUT2D eigenvalue weighted by atomic mass is 10.1. The molecule has 1 heterocycles.